The Bertz CT molecular complexity index is 4080. The second-order valence-corrected chi connectivity index (χ2v) is 16.8. The van der Waals surface area contributed by atoms with Gasteiger partial charge in [-0.25, -0.2) is 15.0 Å². The van der Waals surface area contributed by atoms with Gasteiger partial charge in [-0.05, 0) is 72.8 Å². The summed E-state index contributed by atoms with van der Waals surface area (Å²) in [6.07, 6.45) is 0. The van der Waals surface area contributed by atoms with Crippen LogP contribution < -0.4 is 0 Å². The molecule has 0 atom stereocenters. The van der Waals surface area contributed by atoms with Gasteiger partial charge in [0.05, 0.1) is 74.3 Å². The quantitative estimate of drug-likeness (QED) is 0.155. The number of nitrogens with zero attached hydrogens (tertiary/aromatic N) is 9. The van der Waals surface area contributed by atoms with Crippen molar-refractivity contribution in [3.63, 3.8) is 0 Å². The van der Waals surface area contributed by atoms with E-state index in [1.54, 1.807) is 36.4 Å². The third-order valence-electron chi connectivity index (χ3n) is 12.9. The summed E-state index contributed by atoms with van der Waals surface area (Å²) in [5, 5.41) is 46.2. The van der Waals surface area contributed by atoms with Crippen molar-refractivity contribution in [2.75, 3.05) is 0 Å². The molecule has 0 saturated heterocycles. The van der Waals surface area contributed by atoms with E-state index in [0.717, 1.165) is 60.4 Å². The Hall–Kier alpha value is -10.5. The van der Waals surface area contributed by atoms with E-state index in [1.807, 2.05) is 84.9 Å². The molecular formula is C61H33N9. The van der Waals surface area contributed by atoms with Crippen molar-refractivity contribution in [2.24, 2.45) is 0 Å². The van der Waals surface area contributed by atoms with Gasteiger partial charge in [-0.2, -0.15) is 21.0 Å². The molecule has 3 aromatic heterocycles. The summed E-state index contributed by atoms with van der Waals surface area (Å²) in [5.41, 5.74) is 11.4. The van der Waals surface area contributed by atoms with Crippen LogP contribution in [0.3, 0.4) is 0 Å². The minimum atomic E-state index is 0.281. The number of nitriles is 4. The molecule has 70 heavy (non-hydrogen) atoms. The molecule has 12 aromatic rings. The molecule has 0 amide bonds. The zero-order valence-corrected chi connectivity index (χ0v) is 37.1. The minimum Gasteiger partial charge on any atom is -0.309 e. The molecule has 0 unspecified atom stereocenters. The number of para-hydroxylation sites is 3. The van der Waals surface area contributed by atoms with Gasteiger partial charge in [0.1, 0.15) is 0 Å². The zero-order valence-electron chi connectivity index (χ0n) is 37.1. The molecule has 0 aliphatic rings. The predicted molar refractivity (Wildman–Crippen MR) is 275 cm³/mol. The van der Waals surface area contributed by atoms with Gasteiger partial charge in [0.2, 0.25) is 0 Å². The molecule has 0 radical (unpaired) electrons. The Morgan fingerprint density at radius 1 is 0.314 bits per heavy atom. The van der Waals surface area contributed by atoms with Gasteiger partial charge in [-0.1, -0.05) is 127 Å². The summed E-state index contributed by atoms with van der Waals surface area (Å²) >= 11 is 0. The Labute approximate surface area is 401 Å². The number of benzene rings is 9. The van der Waals surface area contributed by atoms with Crippen LogP contribution in [0.15, 0.2) is 200 Å². The highest BCUT2D eigenvalue weighted by molar-refractivity contribution is 6.13. The van der Waals surface area contributed by atoms with Gasteiger partial charge in [0, 0.05) is 66.2 Å². The highest BCUT2D eigenvalue weighted by atomic mass is 15.0. The van der Waals surface area contributed by atoms with E-state index in [9.17, 15) is 21.0 Å². The first-order chi connectivity index (χ1) is 34.5. The molecule has 0 bridgehead atoms. The minimum absolute atomic E-state index is 0.281. The Morgan fingerprint density at radius 3 is 1.20 bits per heavy atom. The molecule has 322 valence electrons. The predicted octanol–water partition coefficient (Wildman–Crippen LogP) is 13.9. The van der Waals surface area contributed by atoms with E-state index in [0.29, 0.717) is 62.1 Å². The lowest BCUT2D eigenvalue weighted by atomic mass is 9.88. The average Bonchev–Trinajstić information content (AvgIpc) is 3.95. The van der Waals surface area contributed by atoms with Gasteiger partial charge in [0.15, 0.2) is 17.5 Å². The maximum atomic E-state index is 10.9. The van der Waals surface area contributed by atoms with Gasteiger partial charge in [0.25, 0.3) is 0 Å². The molecule has 12 rings (SSSR count). The maximum Gasteiger partial charge on any atom is 0.164 e. The Balaban J connectivity index is 1.22. The lowest BCUT2D eigenvalue weighted by Gasteiger charge is -2.22. The first kappa shape index (κ1) is 41.0. The molecule has 9 aromatic carbocycles. The number of hydrogen-bond acceptors (Lipinski definition) is 7. The molecule has 0 saturated carbocycles. The monoisotopic (exact) mass is 891 g/mol. The van der Waals surface area contributed by atoms with Crippen molar-refractivity contribution < 1.29 is 0 Å². The fourth-order valence-corrected chi connectivity index (χ4v) is 9.78. The summed E-state index contributed by atoms with van der Waals surface area (Å²) in [6.45, 7) is 0. The summed E-state index contributed by atoms with van der Waals surface area (Å²) in [6, 6.07) is 74.4. The van der Waals surface area contributed by atoms with Crippen LogP contribution >= 0.6 is 0 Å². The van der Waals surface area contributed by atoms with E-state index in [1.165, 1.54) is 0 Å². The van der Waals surface area contributed by atoms with Crippen LogP contribution in [0.5, 0.6) is 0 Å². The molecule has 0 aliphatic heterocycles. The van der Waals surface area contributed by atoms with Crippen LogP contribution in [-0.2, 0) is 0 Å². The van der Waals surface area contributed by atoms with Gasteiger partial charge < -0.3 is 9.13 Å². The van der Waals surface area contributed by atoms with Crippen molar-refractivity contribution in [1.29, 1.82) is 21.0 Å². The Morgan fingerprint density at radius 2 is 0.729 bits per heavy atom. The first-order valence-corrected chi connectivity index (χ1v) is 22.5. The fraction of sp³-hybridized carbons (Fsp3) is 0. The smallest absolute Gasteiger partial charge is 0.164 e. The number of rotatable bonds is 7. The topological polar surface area (TPSA) is 144 Å². The maximum absolute atomic E-state index is 10.9. The lowest BCUT2D eigenvalue weighted by molar-refractivity contribution is 1.07. The largest absolute Gasteiger partial charge is 0.309 e. The highest BCUT2D eigenvalue weighted by Gasteiger charge is 2.26. The zero-order chi connectivity index (χ0) is 47.3. The third kappa shape index (κ3) is 6.72. The summed E-state index contributed by atoms with van der Waals surface area (Å²) < 4.78 is 4.50. The third-order valence-corrected chi connectivity index (χ3v) is 12.9. The van der Waals surface area contributed by atoms with Crippen LogP contribution in [0.2, 0.25) is 0 Å². The molecule has 9 heteroatoms. The number of aromatic nitrogens is 5. The molecule has 3 heterocycles. The van der Waals surface area contributed by atoms with Gasteiger partial charge in [-0.15, -0.1) is 0 Å². The number of hydrogen-bond donors (Lipinski definition) is 0. The van der Waals surface area contributed by atoms with E-state index in [4.69, 9.17) is 15.0 Å². The molecule has 0 spiro atoms. The summed E-state index contributed by atoms with van der Waals surface area (Å²) in [4.78, 5) is 15.2. The van der Waals surface area contributed by atoms with Crippen LogP contribution in [0, 0.1) is 45.3 Å². The van der Waals surface area contributed by atoms with Crippen LogP contribution in [0.1, 0.15) is 22.3 Å². The van der Waals surface area contributed by atoms with E-state index in [-0.39, 0.29) is 11.1 Å². The van der Waals surface area contributed by atoms with E-state index >= 15 is 0 Å². The Kier molecular flexibility index (Phi) is 9.82. The van der Waals surface area contributed by atoms with Crippen LogP contribution in [0.4, 0.5) is 0 Å². The normalized spacial score (nSPS) is 11.1. The lowest BCUT2D eigenvalue weighted by Crippen LogP contribution is -2.05. The van der Waals surface area contributed by atoms with Crippen LogP contribution in [0.25, 0.3) is 111 Å². The van der Waals surface area contributed by atoms with Crippen molar-refractivity contribution in [1.82, 2.24) is 24.1 Å². The fourth-order valence-electron chi connectivity index (χ4n) is 9.78. The second-order valence-electron chi connectivity index (χ2n) is 16.8. The first-order valence-electron chi connectivity index (χ1n) is 22.5. The van der Waals surface area contributed by atoms with E-state index in [2.05, 4.69) is 112 Å². The standard InChI is InChI=1S/C61H33N9/c62-34-38-23-26-46(43(29-38)36-64)52-31-42(61-67-59(40-13-3-1-4-14-40)66-60(68-61)41-15-5-2-6-16-41)32-53(47-27-24-39(35-63)30-44(47)37-65)58(52)70-56-22-12-9-19-50(56)51-33-45(25-28-57(51)70)69-54-20-10-7-17-48(54)49-18-8-11-21-55(49)69/h1-33H. The molecule has 0 N–H and O–H groups in total. The van der Waals surface area contributed by atoms with E-state index < -0.39 is 0 Å². The summed E-state index contributed by atoms with van der Waals surface area (Å²) in [7, 11) is 0. The average molecular weight is 892 g/mol. The number of fused-ring (bicyclic) bond motifs is 6. The van der Waals surface area contributed by atoms with Gasteiger partial charge >= 0.3 is 0 Å². The van der Waals surface area contributed by atoms with Crippen LogP contribution in [-0.4, -0.2) is 24.1 Å². The highest BCUT2D eigenvalue weighted by Crippen LogP contribution is 2.46. The van der Waals surface area contributed by atoms with Crippen molar-refractivity contribution in [3.05, 3.63) is 222 Å². The van der Waals surface area contributed by atoms with Crippen molar-refractivity contribution >= 4 is 43.6 Å². The summed E-state index contributed by atoms with van der Waals surface area (Å²) in [5.74, 6) is 1.29. The molecule has 0 fully saturated rings. The van der Waals surface area contributed by atoms with Crippen molar-refractivity contribution in [3.8, 4) is 92.1 Å². The van der Waals surface area contributed by atoms with Gasteiger partial charge in [-0.3, -0.25) is 0 Å². The molecule has 9 nitrogen and oxygen atoms in total. The van der Waals surface area contributed by atoms with Crippen molar-refractivity contribution in [2.45, 2.75) is 0 Å². The molecular weight excluding hydrogens is 859 g/mol. The molecule has 0 aliphatic carbocycles. The SMILES string of the molecule is N#Cc1ccc(-c2cc(-c3nc(-c4ccccc4)nc(-c4ccccc4)n3)cc(-c3ccc(C#N)cc3C#N)c2-n2c3ccccc3c3cc(-n4c5ccccc5c5ccccc54)ccc32)c(C#N)c1. The second kappa shape index (κ2) is 16.8.